The summed E-state index contributed by atoms with van der Waals surface area (Å²) in [5.74, 6) is 0.251. The van der Waals surface area contributed by atoms with Gasteiger partial charge in [0.05, 0.1) is 11.1 Å². The van der Waals surface area contributed by atoms with Gasteiger partial charge in [0, 0.05) is 23.5 Å². The monoisotopic (exact) mass is 320 g/mol. The first-order chi connectivity index (χ1) is 11.7. The fourth-order valence-corrected chi connectivity index (χ4v) is 3.02. The molecule has 4 aromatic rings. The average Bonchev–Trinajstić information content (AvgIpc) is 3.21. The van der Waals surface area contributed by atoms with E-state index in [4.69, 9.17) is 0 Å². The number of carbonyl (C=O) groups is 1. The molecule has 0 unspecified atom stereocenters. The number of aromatic nitrogens is 2. The number of aldehydes is 1. The zero-order chi connectivity index (χ0) is 16.7. The molecule has 118 valence electrons. The highest BCUT2D eigenvalue weighted by Crippen LogP contribution is 2.33. The van der Waals surface area contributed by atoms with Crippen molar-refractivity contribution in [2.24, 2.45) is 0 Å². The van der Waals surface area contributed by atoms with Crippen LogP contribution in [0.15, 0.2) is 67.0 Å². The van der Waals surface area contributed by atoms with Crippen LogP contribution < -0.4 is 0 Å². The summed E-state index contributed by atoms with van der Waals surface area (Å²) in [5.41, 5.74) is 1.60. The van der Waals surface area contributed by atoms with Gasteiger partial charge in [0.1, 0.15) is 17.4 Å². The molecule has 2 aromatic heterocycles. The molecule has 5 heteroatoms. The summed E-state index contributed by atoms with van der Waals surface area (Å²) in [7, 11) is 0. The topological polar surface area (TPSA) is 47.2 Å². The fourth-order valence-electron chi connectivity index (χ4n) is 3.02. The van der Waals surface area contributed by atoms with Crippen LogP contribution in [0, 0.1) is 5.82 Å². The van der Waals surface area contributed by atoms with Crippen molar-refractivity contribution in [3.8, 4) is 17.3 Å². The van der Waals surface area contributed by atoms with E-state index in [1.54, 1.807) is 53.4 Å². The largest absolute Gasteiger partial charge is 0.508 e. The number of rotatable bonds is 3. The van der Waals surface area contributed by atoms with Crippen molar-refractivity contribution in [2.75, 3.05) is 0 Å². The van der Waals surface area contributed by atoms with E-state index in [9.17, 15) is 14.3 Å². The Labute approximate surface area is 137 Å². The Morgan fingerprint density at radius 3 is 2.33 bits per heavy atom. The van der Waals surface area contributed by atoms with Gasteiger partial charge in [0.2, 0.25) is 0 Å². The van der Waals surface area contributed by atoms with Gasteiger partial charge in [-0.2, -0.15) is 0 Å². The zero-order valence-electron chi connectivity index (χ0n) is 12.6. The standard InChI is InChI=1S/C19H13FN2O2/c20-16-4-3-5-17-18(16)15(12-23)19(21-10-1-2-11-21)22(17)13-6-8-14(24)9-7-13/h1-12,24H. The highest BCUT2D eigenvalue weighted by atomic mass is 19.1. The summed E-state index contributed by atoms with van der Waals surface area (Å²) < 4.78 is 18.0. The van der Waals surface area contributed by atoms with Crippen molar-refractivity contribution in [1.82, 2.24) is 9.13 Å². The molecule has 2 aromatic carbocycles. The minimum atomic E-state index is -0.444. The van der Waals surface area contributed by atoms with Crippen molar-refractivity contribution in [1.29, 1.82) is 0 Å². The number of benzene rings is 2. The molecular weight excluding hydrogens is 307 g/mol. The molecule has 0 radical (unpaired) electrons. The number of aromatic hydroxyl groups is 1. The van der Waals surface area contributed by atoms with Crippen molar-refractivity contribution < 1.29 is 14.3 Å². The van der Waals surface area contributed by atoms with Gasteiger partial charge >= 0.3 is 0 Å². The van der Waals surface area contributed by atoms with Gasteiger partial charge in [-0.15, -0.1) is 0 Å². The fraction of sp³-hybridized carbons (Fsp3) is 0. The quantitative estimate of drug-likeness (QED) is 0.578. The van der Waals surface area contributed by atoms with Crippen LogP contribution in [0.3, 0.4) is 0 Å². The van der Waals surface area contributed by atoms with Crippen LogP contribution in [0.4, 0.5) is 4.39 Å². The van der Waals surface area contributed by atoms with Gasteiger partial charge in [-0.3, -0.25) is 9.36 Å². The van der Waals surface area contributed by atoms with Crippen molar-refractivity contribution in [3.05, 3.63) is 78.4 Å². The minimum Gasteiger partial charge on any atom is -0.508 e. The number of nitrogens with zero attached hydrogens (tertiary/aromatic N) is 2. The van der Waals surface area contributed by atoms with E-state index in [2.05, 4.69) is 0 Å². The lowest BCUT2D eigenvalue weighted by molar-refractivity contribution is 0.112. The molecule has 2 heterocycles. The Morgan fingerprint density at radius 1 is 0.958 bits per heavy atom. The molecule has 0 atom stereocenters. The van der Waals surface area contributed by atoms with Crippen LogP contribution in [0.25, 0.3) is 22.4 Å². The lowest BCUT2D eigenvalue weighted by Crippen LogP contribution is -2.04. The maximum Gasteiger partial charge on any atom is 0.154 e. The van der Waals surface area contributed by atoms with E-state index < -0.39 is 5.82 Å². The molecule has 0 fully saturated rings. The van der Waals surface area contributed by atoms with Gasteiger partial charge in [-0.1, -0.05) is 6.07 Å². The van der Waals surface area contributed by atoms with Crippen molar-refractivity contribution in [2.45, 2.75) is 0 Å². The molecule has 0 bridgehead atoms. The predicted octanol–water partition coefficient (Wildman–Crippen LogP) is 4.08. The summed E-state index contributed by atoms with van der Waals surface area (Å²) in [6.45, 7) is 0. The molecule has 0 aliphatic rings. The first-order valence-electron chi connectivity index (χ1n) is 7.41. The number of phenolic OH excluding ortho intramolecular Hbond substituents is 1. The van der Waals surface area contributed by atoms with Crippen LogP contribution in [0.1, 0.15) is 10.4 Å². The Hall–Kier alpha value is -3.34. The van der Waals surface area contributed by atoms with E-state index >= 15 is 0 Å². The molecule has 0 amide bonds. The molecular formula is C19H13FN2O2. The van der Waals surface area contributed by atoms with Gasteiger partial charge in [-0.05, 0) is 48.5 Å². The highest BCUT2D eigenvalue weighted by Gasteiger charge is 2.21. The van der Waals surface area contributed by atoms with E-state index in [1.165, 1.54) is 6.07 Å². The molecule has 0 spiro atoms. The maximum atomic E-state index is 14.4. The highest BCUT2D eigenvalue weighted by molar-refractivity contribution is 6.03. The smallest absolute Gasteiger partial charge is 0.154 e. The Bertz CT molecular complexity index is 1030. The van der Waals surface area contributed by atoms with Crippen molar-refractivity contribution >= 4 is 17.2 Å². The van der Waals surface area contributed by atoms with E-state index in [0.29, 0.717) is 17.6 Å². The van der Waals surface area contributed by atoms with E-state index in [1.807, 2.05) is 16.7 Å². The van der Waals surface area contributed by atoms with Crippen LogP contribution in [-0.4, -0.2) is 20.5 Å². The first-order valence-corrected chi connectivity index (χ1v) is 7.41. The second-order valence-corrected chi connectivity index (χ2v) is 5.43. The van der Waals surface area contributed by atoms with Crippen LogP contribution in [0.2, 0.25) is 0 Å². The van der Waals surface area contributed by atoms with E-state index in [0.717, 1.165) is 5.69 Å². The van der Waals surface area contributed by atoms with E-state index in [-0.39, 0.29) is 16.7 Å². The normalized spacial score (nSPS) is 11.0. The molecule has 0 aliphatic carbocycles. The summed E-state index contributed by atoms with van der Waals surface area (Å²) in [6, 6.07) is 15.0. The second kappa shape index (κ2) is 5.38. The molecule has 0 saturated heterocycles. The lowest BCUT2D eigenvalue weighted by atomic mass is 10.1. The third-order valence-electron chi connectivity index (χ3n) is 4.03. The number of halogens is 1. The molecule has 0 saturated carbocycles. The minimum absolute atomic E-state index is 0.138. The lowest BCUT2D eigenvalue weighted by Gasteiger charge is -2.12. The summed E-state index contributed by atoms with van der Waals surface area (Å²) in [6.07, 6.45) is 4.28. The summed E-state index contributed by atoms with van der Waals surface area (Å²) in [4.78, 5) is 11.8. The third-order valence-corrected chi connectivity index (χ3v) is 4.03. The van der Waals surface area contributed by atoms with Gasteiger partial charge in [0.15, 0.2) is 6.29 Å². The SMILES string of the molecule is O=Cc1c(-n2cccc2)n(-c2ccc(O)cc2)c2cccc(F)c12. The second-order valence-electron chi connectivity index (χ2n) is 5.43. The summed E-state index contributed by atoms with van der Waals surface area (Å²) in [5, 5.41) is 9.82. The molecule has 1 N–H and O–H groups in total. The first kappa shape index (κ1) is 14.3. The van der Waals surface area contributed by atoms with Gasteiger partial charge in [0.25, 0.3) is 0 Å². The summed E-state index contributed by atoms with van der Waals surface area (Å²) >= 11 is 0. The molecule has 4 rings (SSSR count). The number of hydrogen-bond donors (Lipinski definition) is 1. The maximum absolute atomic E-state index is 14.4. The Morgan fingerprint density at radius 2 is 1.67 bits per heavy atom. The van der Waals surface area contributed by atoms with Crippen LogP contribution in [-0.2, 0) is 0 Å². The van der Waals surface area contributed by atoms with Gasteiger partial charge in [-0.25, -0.2) is 4.39 Å². The van der Waals surface area contributed by atoms with Gasteiger partial charge < -0.3 is 9.67 Å². The molecule has 4 nitrogen and oxygen atoms in total. The number of carbonyl (C=O) groups excluding carboxylic acids is 1. The average molecular weight is 320 g/mol. The predicted molar refractivity (Wildman–Crippen MR) is 89.6 cm³/mol. The Kier molecular flexibility index (Phi) is 3.20. The molecule has 0 aliphatic heterocycles. The number of hydrogen-bond acceptors (Lipinski definition) is 2. The van der Waals surface area contributed by atoms with Crippen LogP contribution in [0.5, 0.6) is 5.75 Å². The Balaban J connectivity index is 2.18. The number of fused-ring (bicyclic) bond motifs is 1. The zero-order valence-corrected chi connectivity index (χ0v) is 12.6. The molecule has 24 heavy (non-hydrogen) atoms. The number of phenols is 1. The third kappa shape index (κ3) is 2.02. The van der Waals surface area contributed by atoms with Crippen LogP contribution >= 0.6 is 0 Å². The van der Waals surface area contributed by atoms with Crippen molar-refractivity contribution in [3.63, 3.8) is 0 Å².